The highest BCUT2D eigenvalue weighted by atomic mass is 32.2. The normalized spacial score (nSPS) is 10.6. The van der Waals surface area contributed by atoms with E-state index >= 15 is 0 Å². The van der Waals surface area contributed by atoms with Gasteiger partial charge in [-0.1, -0.05) is 42.2 Å². The molecule has 142 valence electrons. The molecule has 0 bridgehead atoms. The standard InChI is InChI=1S/C21H23NO4S/c1-4-9-18-10-5-6-11-19(18)26-15-8-7-14-22-27(23,24)21-16-17(2)12-13-20(21)25-3/h4-6,10-13,16,22H,1,9,14-15H2,2-3H3. The largest absolute Gasteiger partial charge is 0.495 e. The Morgan fingerprint density at radius 3 is 2.67 bits per heavy atom. The number of benzene rings is 2. The summed E-state index contributed by atoms with van der Waals surface area (Å²) in [7, 11) is -2.27. The van der Waals surface area contributed by atoms with Crippen LogP contribution in [0.3, 0.4) is 0 Å². The lowest BCUT2D eigenvalue weighted by molar-refractivity contribution is 0.366. The van der Waals surface area contributed by atoms with E-state index in [1.165, 1.54) is 7.11 Å². The lowest BCUT2D eigenvalue weighted by Gasteiger charge is -2.10. The van der Waals surface area contributed by atoms with Crippen molar-refractivity contribution in [3.8, 4) is 23.3 Å². The molecule has 0 fully saturated rings. The molecule has 0 radical (unpaired) electrons. The minimum absolute atomic E-state index is 0.0168. The van der Waals surface area contributed by atoms with Crippen molar-refractivity contribution < 1.29 is 17.9 Å². The van der Waals surface area contributed by atoms with Crippen LogP contribution in [0.2, 0.25) is 0 Å². The van der Waals surface area contributed by atoms with E-state index in [4.69, 9.17) is 9.47 Å². The Morgan fingerprint density at radius 1 is 1.15 bits per heavy atom. The molecule has 0 aliphatic rings. The van der Waals surface area contributed by atoms with E-state index in [9.17, 15) is 8.42 Å². The van der Waals surface area contributed by atoms with Crippen molar-refractivity contribution in [2.75, 3.05) is 20.3 Å². The second-order valence-corrected chi connectivity index (χ2v) is 7.46. The summed E-state index contributed by atoms with van der Waals surface area (Å²) in [4.78, 5) is 0.0985. The number of hydrogen-bond acceptors (Lipinski definition) is 4. The fraction of sp³-hybridized carbons (Fsp3) is 0.238. The van der Waals surface area contributed by atoms with E-state index in [-0.39, 0.29) is 18.0 Å². The average molecular weight is 385 g/mol. The topological polar surface area (TPSA) is 64.6 Å². The molecule has 0 amide bonds. The third-order valence-corrected chi connectivity index (χ3v) is 5.14. The summed E-state index contributed by atoms with van der Waals surface area (Å²) in [6.07, 6.45) is 2.52. The maximum absolute atomic E-state index is 12.4. The van der Waals surface area contributed by atoms with Crippen molar-refractivity contribution in [1.82, 2.24) is 4.72 Å². The van der Waals surface area contributed by atoms with Crippen LogP contribution in [-0.4, -0.2) is 28.7 Å². The SMILES string of the molecule is C=CCc1ccccc1OCC#CCNS(=O)(=O)c1cc(C)ccc1OC. The predicted octanol–water partition coefficient (Wildman–Crippen LogP) is 3.09. The summed E-state index contributed by atoms with van der Waals surface area (Å²) >= 11 is 0. The first-order chi connectivity index (χ1) is 13.0. The van der Waals surface area contributed by atoms with Gasteiger partial charge in [-0.3, -0.25) is 0 Å². The molecule has 0 aliphatic heterocycles. The Kier molecular flexibility index (Phi) is 7.47. The molecule has 0 unspecified atom stereocenters. The van der Waals surface area contributed by atoms with Crippen LogP contribution < -0.4 is 14.2 Å². The van der Waals surface area contributed by atoms with Gasteiger partial charge in [0.2, 0.25) is 10.0 Å². The van der Waals surface area contributed by atoms with Gasteiger partial charge < -0.3 is 9.47 Å². The predicted molar refractivity (Wildman–Crippen MR) is 107 cm³/mol. The quantitative estimate of drug-likeness (QED) is 0.560. The number of para-hydroxylation sites is 1. The monoisotopic (exact) mass is 385 g/mol. The zero-order valence-electron chi connectivity index (χ0n) is 15.5. The van der Waals surface area contributed by atoms with Crippen molar-refractivity contribution in [3.05, 3.63) is 66.2 Å². The Labute approximate surface area is 161 Å². The molecule has 0 atom stereocenters. The van der Waals surface area contributed by atoms with Gasteiger partial charge in [0.15, 0.2) is 0 Å². The number of allylic oxidation sites excluding steroid dienone is 1. The number of ether oxygens (including phenoxy) is 2. The maximum Gasteiger partial charge on any atom is 0.245 e. The summed E-state index contributed by atoms with van der Waals surface area (Å²) in [6, 6.07) is 12.6. The number of aryl methyl sites for hydroxylation is 1. The zero-order valence-corrected chi connectivity index (χ0v) is 16.3. The third-order valence-electron chi connectivity index (χ3n) is 3.72. The van der Waals surface area contributed by atoms with Crippen LogP contribution in [0.15, 0.2) is 60.0 Å². The lowest BCUT2D eigenvalue weighted by Crippen LogP contribution is -2.24. The summed E-state index contributed by atoms with van der Waals surface area (Å²) in [5, 5.41) is 0. The molecule has 5 nitrogen and oxygen atoms in total. The molecule has 0 spiro atoms. The second-order valence-electron chi connectivity index (χ2n) is 5.72. The molecule has 0 heterocycles. The fourth-order valence-corrected chi connectivity index (χ4v) is 3.57. The smallest absolute Gasteiger partial charge is 0.245 e. The minimum Gasteiger partial charge on any atom is -0.495 e. The van der Waals surface area contributed by atoms with Crippen LogP contribution >= 0.6 is 0 Å². The van der Waals surface area contributed by atoms with E-state index < -0.39 is 10.0 Å². The zero-order chi connectivity index (χ0) is 19.7. The molecule has 0 saturated carbocycles. The first kappa shape index (κ1) is 20.6. The Bertz CT molecular complexity index is 956. The van der Waals surface area contributed by atoms with E-state index in [1.54, 1.807) is 18.2 Å². The molecule has 2 rings (SSSR count). The Morgan fingerprint density at radius 2 is 1.93 bits per heavy atom. The van der Waals surface area contributed by atoms with Crippen molar-refractivity contribution >= 4 is 10.0 Å². The third kappa shape index (κ3) is 5.88. The number of nitrogens with one attached hydrogen (secondary N) is 1. The number of sulfonamides is 1. The second kappa shape index (κ2) is 9.81. The minimum atomic E-state index is -3.71. The molecular weight excluding hydrogens is 362 g/mol. The highest BCUT2D eigenvalue weighted by Gasteiger charge is 2.18. The molecular formula is C21H23NO4S. The average Bonchev–Trinajstić information content (AvgIpc) is 2.66. The Balaban J connectivity index is 1.94. The first-order valence-electron chi connectivity index (χ1n) is 8.39. The molecule has 1 N–H and O–H groups in total. The molecule has 0 aliphatic carbocycles. The highest BCUT2D eigenvalue weighted by molar-refractivity contribution is 7.89. The van der Waals surface area contributed by atoms with Crippen molar-refractivity contribution in [3.63, 3.8) is 0 Å². The van der Waals surface area contributed by atoms with Gasteiger partial charge in [0, 0.05) is 0 Å². The van der Waals surface area contributed by atoms with Crippen LogP contribution in [0.4, 0.5) is 0 Å². The van der Waals surface area contributed by atoms with Crippen LogP contribution in [0.5, 0.6) is 11.5 Å². The van der Waals surface area contributed by atoms with Crippen LogP contribution in [0, 0.1) is 18.8 Å². The maximum atomic E-state index is 12.4. The molecule has 2 aromatic rings. The van der Waals surface area contributed by atoms with Crippen LogP contribution in [0.1, 0.15) is 11.1 Å². The summed E-state index contributed by atoms with van der Waals surface area (Å²) in [6.45, 7) is 5.70. The number of methoxy groups -OCH3 is 1. The van der Waals surface area contributed by atoms with Crippen molar-refractivity contribution in [2.45, 2.75) is 18.2 Å². The van der Waals surface area contributed by atoms with Gasteiger partial charge >= 0.3 is 0 Å². The van der Waals surface area contributed by atoms with E-state index in [1.807, 2.05) is 37.3 Å². The van der Waals surface area contributed by atoms with Gasteiger partial charge in [0.1, 0.15) is 23.0 Å². The molecule has 27 heavy (non-hydrogen) atoms. The molecule has 0 aromatic heterocycles. The van der Waals surface area contributed by atoms with Crippen LogP contribution in [-0.2, 0) is 16.4 Å². The molecule has 0 saturated heterocycles. The number of rotatable bonds is 8. The fourth-order valence-electron chi connectivity index (χ4n) is 2.40. The van der Waals surface area contributed by atoms with Gasteiger partial charge in [-0.2, -0.15) is 4.72 Å². The van der Waals surface area contributed by atoms with Gasteiger partial charge in [-0.05, 0) is 42.7 Å². The molecule has 2 aromatic carbocycles. The van der Waals surface area contributed by atoms with E-state index in [0.717, 1.165) is 16.9 Å². The van der Waals surface area contributed by atoms with E-state index in [0.29, 0.717) is 12.2 Å². The van der Waals surface area contributed by atoms with Gasteiger partial charge in [-0.15, -0.1) is 6.58 Å². The van der Waals surface area contributed by atoms with Gasteiger partial charge in [0.05, 0.1) is 13.7 Å². The first-order valence-corrected chi connectivity index (χ1v) is 9.88. The van der Waals surface area contributed by atoms with Gasteiger partial charge in [0.25, 0.3) is 0 Å². The summed E-state index contributed by atoms with van der Waals surface area (Å²) < 4.78 is 38.1. The lowest BCUT2D eigenvalue weighted by atomic mass is 10.1. The summed E-state index contributed by atoms with van der Waals surface area (Å²) in [5.41, 5.74) is 1.86. The molecule has 6 heteroatoms. The summed E-state index contributed by atoms with van der Waals surface area (Å²) in [5.74, 6) is 6.61. The van der Waals surface area contributed by atoms with Gasteiger partial charge in [-0.25, -0.2) is 8.42 Å². The Hall–Kier alpha value is -2.75. The van der Waals surface area contributed by atoms with Crippen molar-refractivity contribution in [2.24, 2.45) is 0 Å². The number of hydrogen-bond donors (Lipinski definition) is 1. The van der Waals surface area contributed by atoms with E-state index in [2.05, 4.69) is 23.1 Å². The highest BCUT2D eigenvalue weighted by Crippen LogP contribution is 2.24. The van der Waals surface area contributed by atoms with Crippen molar-refractivity contribution in [1.29, 1.82) is 0 Å². The van der Waals surface area contributed by atoms with Crippen LogP contribution in [0.25, 0.3) is 0 Å².